The fourth-order valence-electron chi connectivity index (χ4n) is 1.33. The Kier molecular flexibility index (Phi) is 6.48. The van der Waals surface area contributed by atoms with Crippen LogP contribution in [0, 0.1) is 0 Å². The summed E-state index contributed by atoms with van der Waals surface area (Å²) in [7, 11) is 0. The van der Waals surface area contributed by atoms with Crippen LogP contribution < -0.4 is 61.6 Å². The third-order valence-electron chi connectivity index (χ3n) is 2.23. The molecule has 0 aliphatic rings. The summed E-state index contributed by atoms with van der Waals surface area (Å²) in [6, 6.07) is 6.19. The van der Waals surface area contributed by atoms with Gasteiger partial charge in [0.15, 0.2) is 0 Å². The summed E-state index contributed by atoms with van der Waals surface area (Å²) in [6.45, 7) is -4.95. The van der Waals surface area contributed by atoms with Crippen molar-refractivity contribution in [3.05, 3.63) is 48.5 Å². The van der Waals surface area contributed by atoms with Crippen molar-refractivity contribution in [1.82, 2.24) is 9.97 Å². The van der Waals surface area contributed by atoms with Gasteiger partial charge in [0.1, 0.15) is 12.4 Å². The summed E-state index contributed by atoms with van der Waals surface area (Å²) in [5.74, 6) is 0.0809. The van der Waals surface area contributed by atoms with E-state index in [0.717, 1.165) is 12.3 Å². The van der Waals surface area contributed by atoms with Crippen LogP contribution in [-0.2, 0) is 6.61 Å². The predicted octanol–water partition coefficient (Wildman–Crippen LogP) is -0.886. The predicted molar refractivity (Wildman–Crippen MR) is 61.5 cm³/mol. The molecule has 2 aromatic heterocycles. The van der Waals surface area contributed by atoms with E-state index in [1.807, 2.05) is 0 Å². The van der Waals surface area contributed by atoms with Crippen molar-refractivity contribution < 1.29 is 69.1 Å². The molecule has 19 heavy (non-hydrogen) atoms. The first kappa shape index (κ1) is 16.6. The number of hydrogen-bond acceptors (Lipinski definition) is 3. The van der Waals surface area contributed by atoms with E-state index in [4.69, 9.17) is 4.74 Å². The molecule has 0 saturated heterocycles. The zero-order valence-corrected chi connectivity index (χ0v) is 13.4. The fourth-order valence-corrected chi connectivity index (χ4v) is 1.33. The van der Waals surface area contributed by atoms with Crippen LogP contribution in [0.2, 0.25) is 0 Å². The minimum atomic E-state index is -5.05. The SMILES string of the molecule is F[B-](F)(F)c1cncc(OCc2ccccn2)c1.[K+]. The second-order valence-corrected chi connectivity index (χ2v) is 3.64. The van der Waals surface area contributed by atoms with Crippen LogP contribution in [0.15, 0.2) is 42.9 Å². The molecule has 0 unspecified atom stereocenters. The van der Waals surface area contributed by atoms with E-state index in [2.05, 4.69) is 9.97 Å². The van der Waals surface area contributed by atoms with Crippen molar-refractivity contribution in [1.29, 1.82) is 0 Å². The molecule has 0 fully saturated rings. The molecule has 0 N–H and O–H groups in total. The van der Waals surface area contributed by atoms with Crippen molar-refractivity contribution in [3.63, 3.8) is 0 Å². The maximum Gasteiger partial charge on any atom is 1.00 e. The maximum atomic E-state index is 12.5. The first-order chi connectivity index (χ1) is 8.55. The van der Waals surface area contributed by atoms with E-state index in [9.17, 15) is 12.9 Å². The molecule has 94 valence electrons. The summed E-state index contributed by atoms with van der Waals surface area (Å²) < 4.78 is 42.7. The molecule has 0 amide bonds. The molecular weight excluding hydrogens is 283 g/mol. The summed E-state index contributed by atoms with van der Waals surface area (Å²) >= 11 is 0. The van der Waals surface area contributed by atoms with E-state index in [-0.39, 0.29) is 63.7 Å². The number of halogens is 3. The maximum absolute atomic E-state index is 12.5. The van der Waals surface area contributed by atoms with Gasteiger partial charge in [-0.25, -0.2) is 0 Å². The monoisotopic (exact) mass is 292 g/mol. The first-order valence-corrected chi connectivity index (χ1v) is 5.23. The molecule has 8 heteroatoms. The normalized spacial score (nSPS) is 10.7. The van der Waals surface area contributed by atoms with Crippen LogP contribution >= 0.6 is 0 Å². The van der Waals surface area contributed by atoms with Crippen molar-refractivity contribution in [2.75, 3.05) is 0 Å². The second-order valence-electron chi connectivity index (χ2n) is 3.64. The Labute approximate surface area is 151 Å². The molecule has 0 bridgehead atoms. The topological polar surface area (TPSA) is 35.0 Å². The largest absolute Gasteiger partial charge is 1.00 e. The molecule has 2 aromatic rings. The second kappa shape index (κ2) is 7.39. The molecule has 0 aliphatic carbocycles. The van der Waals surface area contributed by atoms with Gasteiger partial charge in [-0.3, -0.25) is 9.97 Å². The average Bonchev–Trinajstić information content (AvgIpc) is 2.37. The van der Waals surface area contributed by atoms with Gasteiger partial charge in [0, 0.05) is 12.4 Å². The minimum absolute atomic E-state index is 0. The molecule has 3 nitrogen and oxygen atoms in total. The Bertz CT molecular complexity index is 525. The fraction of sp³-hybridized carbons (Fsp3) is 0.0909. The van der Waals surface area contributed by atoms with E-state index >= 15 is 0 Å². The van der Waals surface area contributed by atoms with Gasteiger partial charge in [-0.15, -0.1) is 0 Å². The number of ether oxygens (including phenoxy) is 1. The molecule has 2 rings (SSSR count). The molecule has 2 heterocycles. The smallest absolute Gasteiger partial charge is 0.486 e. The standard InChI is InChI=1S/C11H9BF3N2O.K/c13-12(14,15)9-5-11(7-16-6-9)18-8-10-3-1-2-4-17-10;/h1-7H,8H2;/q-1;+1. The number of aromatic nitrogens is 2. The first-order valence-electron chi connectivity index (χ1n) is 5.23. The van der Waals surface area contributed by atoms with Crippen molar-refractivity contribution in [3.8, 4) is 5.75 Å². The quantitative estimate of drug-likeness (QED) is 0.686. The van der Waals surface area contributed by atoms with E-state index < -0.39 is 12.4 Å². The van der Waals surface area contributed by atoms with Gasteiger partial charge in [-0.2, -0.15) is 0 Å². The third kappa shape index (κ3) is 5.23. The van der Waals surface area contributed by atoms with Gasteiger partial charge in [0.2, 0.25) is 0 Å². The Balaban J connectivity index is 0.00000180. The van der Waals surface area contributed by atoms with Gasteiger partial charge in [-0.05, 0) is 18.2 Å². The zero-order chi connectivity index (χ0) is 13.0. The van der Waals surface area contributed by atoms with E-state index in [1.54, 1.807) is 24.4 Å². The van der Waals surface area contributed by atoms with Gasteiger partial charge >= 0.3 is 58.4 Å². The Morgan fingerprint density at radius 1 is 1.16 bits per heavy atom. The van der Waals surface area contributed by atoms with Crippen molar-refractivity contribution in [2.45, 2.75) is 6.61 Å². The van der Waals surface area contributed by atoms with E-state index in [0.29, 0.717) is 5.69 Å². The van der Waals surface area contributed by atoms with Crippen LogP contribution in [0.25, 0.3) is 0 Å². The van der Waals surface area contributed by atoms with Crippen LogP contribution in [-0.4, -0.2) is 16.9 Å². The third-order valence-corrected chi connectivity index (χ3v) is 2.23. The minimum Gasteiger partial charge on any atom is -0.486 e. The molecule has 0 aliphatic heterocycles. The van der Waals surface area contributed by atoms with Gasteiger partial charge in [0.25, 0.3) is 0 Å². The molecule has 0 aromatic carbocycles. The number of rotatable bonds is 4. The van der Waals surface area contributed by atoms with Crippen molar-refractivity contribution >= 4 is 12.4 Å². The Morgan fingerprint density at radius 3 is 2.58 bits per heavy atom. The zero-order valence-electron chi connectivity index (χ0n) is 10.3. The van der Waals surface area contributed by atoms with Crippen molar-refractivity contribution in [2.24, 2.45) is 0 Å². The summed E-state index contributed by atoms with van der Waals surface area (Å²) in [4.78, 5) is 7.51. The van der Waals surface area contributed by atoms with Gasteiger partial charge < -0.3 is 17.7 Å². The van der Waals surface area contributed by atoms with Crippen LogP contribution in [0.1, 0.15) is 5.69 Å². The summed E-state index contributed by atoms with van der Waals surface area (Å²) in [5, 5.41) is 0. The number of nitrogens with zero attached hydrogens (tertiary/aromatic N) is 2. The molecule has 0 saturated carbocycles. The molecule has 0 radical (unpaired) electrons. The molecular formula is C11H9BF3KN2O. The number of pyridine rings is 2. The van der Waals surface area contributed by atoms with E-state index in [1.165, 1.54) is 6.20 Å². The molecule has 0 spiro atoms. The van der Waals surface area contributed by atoms with Gasteiger partial charge in [-0.1, -0.05) is 11.5 Å². The van der Waals surface area contributed by atoms with Crippen LogP contribution in [0.5, 0.6) is 5.75 Å². The summed E-state index contributed by atoms with van der Waals surface area (Å²) in [6.07, 6.45) is 3.62. The Morgan fingerprint density at radius 2 is 1.95 bits per heavy atom. The average molecular weight is 292 g/mol. The van der Waals surface area contributed by atoms with Crippen LogP contribution in [0.3, 0.4) is 0 Å². The molecule has 0 atom stereocenters. The van der Waals surface area contributed by atoms with Gasteiger partial charge in [0.05, 0.1) is 11.9 Å². The van der Waals surface area contributed by atoms with Crippen LogP contribution in [0.4, 0.5) is 12.9 Å². The summed E-state index contributed by atoms with van der Waals surface area (Å²) in [5.41, 5.74) is -0.131. The Hall–Kier alpha value is -0.409. The number of hydrogen-bond donors (Lipinski definition) is 0.